The molecule has 1 fully saturated rings. The summed E-state index contributed by atoms with van der Waals surface area (Å²) >= 11 is 5.82. The summed E-state index contributed by atoms with van der Waals surface area (Å²) in [6, 6.07) is 4.58. The molecule has 3 unspecified atom stereocenters. The molecule has 1 N–H and O–H groups in total. The Morgan fingerprint density at radius 3 is 2.81 bits per heavy atom. The highest BCUT2D eigenvalue weighted by molar-refractivity contribution is 7.85. The maximum Gasteiger partial charge on any atom is 0.141 e. The molecule has 0 spiro atoms. The SMILES string of the molecule is CCCNC1C(S(=O)c2ccc(F)c(Cl)c2)CCC1(C)C. The zero-order chi connectivity index (χ0) is 15.6. The van der Waals surface area contributed by atoms with Gasteiger partial charge >= 0.3 is 0 Å². The van der Waals surface area contributed by atoms with Crippen LogP contribution >= 0.6 is 11.6 Å². The second kappa shape index (κ2) is 6.76. The van der Waals surface area contributed by atoms with E-state index >= 15 is 0 Å². The van der Waals surface area contributed by atoms with Gasteiger partial charge in [0.1, 0.15) is 5.82 Å². The van der Waals surface area contributed by atoms with Gasteiger partial charge in [0.15, 0.2) is 0 Å². The van der Waals surface area contributed by atoms with Gasteiger partial charge in [-0.2, -0.15) is 0 Å². The predicted molar refractivity (Wildman–Crippen MR) is 86.7 cm³/mol. The number of rotatable bonds is 5. The maximum atomic E-state index is 13.3. The molecule has 3 atom stereocenters. The van der Waals surface area contributed by atoms with Crippen LogP contribution in [0.15, 0.2) is 23.1 Å². The van der Waals surface area contributed by atoms with Crippen molar-refractivity contribution in [3.05, 3.63) is 29.0 Å². The Bertz CT molecular complexity index is 535. The third-order valence-corrected chi connectivity index (χ3v) is 6.37. The van der Waals surface area contributed by atoms with Crippen LogP contribution < -0.4 is 5.32 Å². The van der Waals surface area contributed by atoms with Crippen LogP contribution in [-0.2, 0) is 10.8 Å². The Morgan fingerprint density at radius 1 is 1.48 bits per heavy atom. The van der Waals surface area contributed by atoms with E-state index in [2.05, 4.69) is 26.1 Å². The molecular formula is C16H23ClFNOS. The fourth-order valence-corrected chi connectivity index (χ4v) is 5.13. The van der Waals surface area contributed by atoms with Crippen LogP contribution in [0.4, 0.5) is 4.39 Å². The fraction of sp³-hybridized carbons (Fsp3) is 0.625. The van der Waals surface area contributed by atoms with Gasteiger partial charge in [0.2, 0.25) is 0 Å². The summed E-state index contributed by atoms with van der Waals surface area (Å²) in [5.41, 5.74) is 0.124. The second-order valence-electron chi connectivity index (χ2n) is 6.37. The van der Waals surface area contributed by atoms with Crippen molar-refractivity contribution in [1.29, 1.82) is 0 Å². The van der Waals surface area contributed by atoms with Crippen LogP contribution in [0.1, 0.15) is 40.0 Å². The number of hydrogen-bond acceptors (Lipinski definition) is 2. The van der Waals surface area contributed by atoms with Crippen LogP contribution in [0.2, 0.25) is 5.02 Å². The molecule has 5 heteroatoms. The molecule has 2 nitrogen and oxygen atoms in total. The van der Waals surface area contributed by atoms with Crippen molar-refractivity contribution < 1.29 is 8.60 Å². The van der Waals surface area contributed by atoms with Crippen LogP contribution in [0.3, 0.4) is 0 Å². The lowest BCUT2D eigenvalue weighted by molar-refractivity contribution is 0.286. The molecule has 21 heavy (non-hydrogen) atoms. The summed E-state index contributed by atoms with van der Waals surface area (Å²) in [5.74, 6) is -0.468. The first-order valence-corrected chi connectivity index (χ1v) is 9.05. The van der Waals surface area contributed by atoms with Gasteiger partial charge in [-0.1, -0.05) is 32.4 Å². The summed E-state index contributed by atoms with van der Waals surface area (Å²) in [5, 5.41) is 3.64. The van der Waals surface area contributed by atoms with Crippen molar-refractivity contribution in [2.24, 2.45) is 5.41 Å². The molecule has 0 bridgehead atoms. The van der Waals surface area contributed by atoms with E-state index in [-0.39, 0.29) is 21.7 Å². The molecule has 1 aromatic rings. The monoisotopic (exact) mass is 331 g/mol. The van der Waals surface area contributed by atoms with E-state index in [0.29, 0.717) is 4.90 Å². The van der Waals surface area contributed by atoms with Gasteiger partial charge in [-0.05, 0) is 49.4 Å². The topological polar surface area (TPSA) is 29.1 Å². The third-order valence-electron chi connectivity index (χ3n) is 4.30. The minimum Gasteiger partial charge on any atom is -0.312 e. The van der Waals surface area contributed by atoms with Gasteiger partial charge in [-0.3, -0.25) is 4.21 Å². The lowest BCUT2D eigenvalue weighted by Crippen LogP contribution is -2.46. The highest BCUT2D eigenvalue weighted by Gasteiger charge is 2.44. The van der Waals surface area contributed by atoms with Gasteiger partial charge in [-0.15, -0.1) is 0 Å². The quantitative estimate of drug-likeness (QED) is 0.878. The predicted octanol–water partition coefficient (Wildman–Crippen LogP) is 4.14. The molecule has 0 heterocycles. The Hall–Kier alpha value is -0.450. The highest BCUT2D eigenvalue weighted by atomic mass is 35.5. The van der Waals surface area contributed by atoms with Gasteiger partial charge < -0.3 is 5.32 Å². The fourth-order valence-electron chi connectivity index (χ4n) is 3.05. The van der Waals surface area contributed by atoms with Crippen molar-refractivity contribution >= 4 is 22.4 Å². The molecule has 118 valence electrons. The van der Waals surface area contributed by atoms with Crippen molar-refractivity contribution in [3.8, 4) is 0 Å². The molecule has 0 saturated heterocycles. The average molecular weight is 332 g/mol. The van der Waals surface area contributed by atoms with Crippen molar-refractivity contribution in [2.45, 2.75) is 56.2 Å². The third kappa shape index (κ3) is 3.66. The number of nitrogens with one attached hydrogen (secondary N) is 1. The van der Waals surface area contributed by atoms with Crippen LogP contribution in [0.25, 0.3) is 0 Å². The van der Waals surface area contributed by atoms with E-state index < -0.39 is 16.6 Å². The Kier molecular flexibility index (Phi) is 5.44. The molecule has 2 rings (SSSR count). The number of hydrogen-bond donors (Lipinski definition) is 1. The van der Waals surface area contributed by atoms with E-state index in [1.54, 1.807) is 6.07 Å². The van der Waals surface area contributed by atoms with E-state index in [1.165, 1.54) is 12.1 Å². The van der Waals surface area contributed by atoms with E-state index in [4.69, 9.17) is 11.6 Å². The van der Waals surface area contributed by atoms with Crippen molar-refractivity contribution in [3.63, 3.8) is 0 Å². The highest BCUT2D eigenvalue weighted by Crippen LogP contribution is 2.41. The molecular weight excluding hydrogens is 309 g/mol. The molecule has 1 aliphatic carbocycles. The first-order chi connectivity index (χ1) is 9.86. The van der Waals surface area contributed by atoms with Gasteiger partial charge in [0, 0.05) is 10.9 Å². The number of halogens is 2. The smallest absolute Gasteiger partial charge is 0.141 e. The Balaban J connectivity index is 2.22. The zero-order valence-electron chi connectivity index (χ0n) is 12.8. The second-order valence-corrected chi connectivity index (χ2v) is 8.45. The first kappa shape index (κ1) is 16.9. The summed E-state index contributed by atoms with van der Waals surface area (Å²) in [6.07, 6.45) is 3.00. The first-order valence-electron chi connectivity index (χ1n) is 7.46. The largest absolute Gasteiger partial charge is 0.312 e. The zero-order valence-corrected chi connectivity index (χ0v) is 14.4. The van der Waals surface area contributed by atoms with Crippen LogP contribution in [0, 0.1) is 11.2 Å². The Labute approximate surface area is 133 Å². The minimum absolute atomic E-state index is 0.0381. The summed E-state index contributed by atoms with van der Waals surface area (Å²) in [7, 11) is -1.17. The number of benzene rings is 1. The summed E-state index contributed by atoms with van der Waals surface area (Å²) < 4.78 is 26.1. The average Bonchev–Trinajstić information content (AvgIpc) is 2.74. The minimum atomic E-state index is -1.17. The Morgan fingerprint density at radius 2 is 2.19 bits per heavy atom. The van der Waals surface area contributed by atoms with E-state index in [1.807, 2.05) is 0 Å². The van der Waals surface area contributed by atoms with Crippen molar-refractivity contribution in [2.75, 3.05) is 6.54 Å². The van der Waals surface area contributed by atoms with Crippen LogP contribution in [-0.4, -0.2) is 22.0 Å². The van der Waals surface area contributed by atoms with Crippen LogP contribution in [0.5, 0.6) is 0 Å². The van der Waals surface area contributed by atoms with Gasteiger partial charge in [0.05, 0.1) is 21.1 Å². The van der Waals surface area contributed by atoms with Gasteiger partial charge in [0.25, 0.3) is 0 Å². The molecule has 0 aromatic heterocycles. The molecule has 0 radical (unpaired) electrons. The maximum absolute atomic E-state index is 13.3. The molecule has 1 saturated carbocycles. The molecule has 1 aliphatic rings. The van der Waals surface area contributed by atoms with Crippen molar-refractivity contribution in [1.82, 2.24) is 5.32 Å². The lowest BCUT2D eigenvalue weighted by Gasteiger charge is -2.31. The van der Waals surface area contributed by atoms with E-state index in [0.717, 1.165) is 25.8 Å². The van der Waals surface area contributed by atoms with E-state index in [9.17, 15) is 8.60 Å². The van der Waals surface area contributed by atoms with Gasteiger partial charge in [-0.25, -0.2) is 4.39 Å². The lowest BCUT2D eigenvalue weighted by atomic mass is 9.87. The molecule has 0 aliphatic heterocycles. The molecule has 0 amide bonds. The normalized spacial score (nSPS) is 26.0. The standard InChI is InChI=1S/C16H23ClFNOS/c1-4-9-19-15-14(7-8-16(15,2)3)21(20)11-5-6-13(18)12(17)10-11/h5-6,10,14-15,19H,4,7-9H2,1-3H3. The summed E-state index contributed by atoms with van der Waals surface area (Å²) in [4.78, 5) is 0.618. The summed E-state index contributed by atoms with van der Waals surface area (Å²) in [6.45, 7) is 7.48. The molecule has 1 aromatic carbocycles.